The van der Waals surface area contributed by atoms with Crippen molar-refractivity contribution in [1.82, 2.24) is 19.6 Å². The maximum Gasteiger partial charge on any atom is 0.197 e. The van der Waals surface area contributed by atoms with Gasteiger partial charge in [0.15, 0.2) is 11.9 Å². The Balaban J connectivity index is 1.48. The molecule has 0 spiro atoms. The zero-order valence-electron chi connectivity index (χ0n) is 25.8. The maximum atomic E-state index is 5.84. The van der Waals surface area contributed by atoms with E-state index < -0.39 is 0 Å². The van der Waals surface area contributed by atoms with Crippen LogP contribution in [0.3, 0.4) is 0 Å². The normalized spacial score (nSPS) is 21.4. The zero-order valence-corrected chi connectivity index (χ0v) is 25.8. The summed E-state index contributed by atoms with van der Waals surface area (Å²) in [5, 5.41) is 0. The van der Waals surface area contributed by atoms with E-state index in [1.165, 1.54) is 100 Å². The van der Waals surface area contributed by atoms with Crippen molar-refractivity contribution in [3.63, 3.8) is 0 Å². The first-order valence-corrected chi connectivity index (χ1v) is 17.1. The highest BCUT2D eigenvalue weighted by atomic mass is 15.4. The summed E-state index contributed by atoms with van der Waals surface area (Å²) < 4.78 is 0. The molecular weight excluding hydrogens is 516 g/mol. The minimum atomic E-state index is -0.0861. The summed E-state index contributed by atoms with van der Waals surface area (Å²) in [5.74, 6) is 2.44. The summed E-state index contributed by atoms with van der Waals surface area (Å²) in [4.78, 5) is 22.1. The van der Waals surface area contributed by atoms with Crippen LogP contribution in [0.15, 0.2) is 70.6 Å². The highest BCUT2D eigenvalue weighted by Crippen LogP contribution is 2.37. The Bertz CT molecular complexity index is 992. The van der Waals surface area contributed by atoms with Gasteiger partial charge in [-0.25, -0.2) is 9.98 Å². The van der Waals surface area contributed by atoms with Crippen molar-refractivity contribution in [3.05, 3.63) is 71.8 Å². The molecule has 0 saturated carbocycles. The predicted octanol–water partition coefficient (Wildman–Crippen LogP) is 7.12. The first-order valence-electron chi connectivity index (χ1n) is 17.1. The summed E-state index contributed by atoms with van der Waals surface area (Å²) in [6.07, 6.45) is 15.4. The van der Waals surface area contributed by atoms with Gasteiger partial charge in [0.2, 0.25) is 0 Å². The van der Waals surface area contributed by atoms with Gasteiger partial charge in [-0.15, -0.1) is 0 Å². The highest BCUT2D eigenvalue weighted by molar-refractivity contribution is 5.82. The monoisotopic (exact) mass is 568 g/mol. The van der Waals surface area contributed by atoms with Gasteiger partial charge < -0.3 is 19.6 Å². The molecule has 42 heavy (non-hydrogen) atoms. The Morgan fingerprint density at radius 2 is 0.643 bits per heavy atom. The quantitative estimate of drug-likeness (QED) is 0.284. The first kappa shape index (κ1) is 29.1. The average Bonchev–Trinajstić information content (AvgIpc) is 3.09. The largest absolute Gasteiger partial charge is 0.343 e. The van der Waals surface area contributed by atoms with Gasteiger partial charge in [-0.1, -0.05) is 60.7 Å². The van der Waals surface area contributed by atoms with Crippen LogP contribution in [0.5, 0.6) is 0 Å². The molecule has 0 bridgehead atoms. The second kappa shape index (κ2) is 14.9. The van der Waals surface area contributed by atoms with Crippen LogP contribution in [0.1, 0.15) is 100 Å². The van der Waals surface area contributed by atoms with Gasteiger partial charge in [-0.3, -0.25) is 0 Å². The Kier molecular flexibility index (Phi) is 10.3. The fourth-order valence-corrected chi connectivity index (χ4v) is 7.31. The second-order valence-electron chi connectivity index (χ2n) is 12.8. The fraction of sp³-hybridized carbons (Fsp3) is 0.611. The molecule has 2 aromatic rings. The van der Waals surface area contributed by atoms with Crippen molar-refractivity contribution < 1.29 is 0 Å². The van der Waals surface area contributed by atoms with Gasteiger partial charge in [0, 0.05) is 52.4 Å². The van der Waals surface area contributed by atoms with E-state index in [1.807, 2.05) is 0 Å². The molecule has 2 aromatic carbocycles. The Morgan fingerprint density at radius 1 is 0.381 bits per heavy atom. The Morgan fingerprint density at radius 3 is 0.905 bits per heavy atom. The molecule has 0 aliphatic carbocycles. The smallest absolute Gasteiger partial charge is 0.197 e. The van der Waals surface area contributed by atoms with Gasteiger partial charge >= 0.3 is 0 Å². The molecule has 2 unspecified atom stereocenters. The van der Waals surface area contributed by atoms with E-state index >= 15 is 0 Å². The average molecular weight is 569 g/mol. The molecule has 6 nitrogen and oxygen atoms in total. The summed E-state index contributed by atoms with van der Waals surface area (Å²) in [6.45, 7) is 8.91. The third kappa shape index (κ3) is 7.30. The van der Waals surface area contributed by atoms with Gasteiger partial charge in [0.1, 0.15) is 12.1 Å². The van der Waals surface area contributed by atoms with Crippen molar-refractivity contribution in [3.8, 4) is 0 Å². The summed E-state index contributed by atoms with van der Waals surface area (Å²) >= 11 is 0. The van der Waals surface area contributed by atoms with Crippen LogP contribution in [0.2, 0.25) is 0 Å². The van der Waals surface area contributed by atoms with Crippen LogP contribution in [-0.4, -0.2) is 83.9 Å². The number of nitrogens with zero attached hydrogens (tertiary/aromatic N) is 6. The van der Waals surface area contributed by atoms with Crippen LogP contribution in [0, 0.1) is 0 Å². The van der Waals surface area contributed by atoms with E-state index in [9.17, 15) is 0 Å². The van der Waals surface area contributed by atoms with Crippen LogP contribution in [0.25, 0.3) is 0 Å². The number of rotatable bonds is 5. The molecule has 4 fully saturated rings. The molecule has 6 heteroatoms. The lowest BCUT2D eigenvalue weighted by Crippen LogP contribution is -2.49. The lowest BCUT2D eigenvalue weighted by Gasteiger charge is -2.40. The zero-order chi connectivity index (χ0) is 28.4. The summed E-state index contributed by atoms with van der Waals surface area (Å²) in [5.41, 5.74) is 2.52. The first-order chi connectivity index (χ1) is 20.9. The number of piperidine rings is 4. The van der Waals surface area contributed by atoms with E-state index in [0.717, 1.165) is 52.4 Å². The van der Waals surface area contributed by atoms with Crippen molar-refractivity contribution in [2.75, 3.05) is 52.4 Å². The molecule has 0 aromatic heterocycles. The van der Waals surface area contributed by atoms with Gasteiger partial charge in [-0.05, 0) is 88.2 Å². The molecule has 4 aliphatic heterocycles. The minimum absolute atomic E-state index is 0.0861. The molecule has 0 radical (unpaired) electrons. The number of hydrogen-bond acceptors (Lipinski definition) is 2. The van der Waals surface area contributed by atoms with E-state index in [1.54, 1.807) is 0 Å². The number of aliphatic imine (C=N–C) groups is 2. The Labute approximate surface area is 254 Å². The number of likely N-dealkylation sites (tertiary alicyclic amines) is 4. The predicted molar refractivity (Wildman–Crippen MR) is 175 cm³/mol. The minimum Gasteiger partial charge on any atom is -0.343 e. The molecule has 0 N–H and O–H groups in total. The molecule has 4 saturated heterocycles. The lowest BCUT2D eigenvalue weighted by atomic mass is 9.94. The fourth-order valence-electron chi connectivity index (χ4n) is 7.31. The molecule has 0 amide bonds. The van der Waals surface area contributed by atoms with Gasteiger partial charge in [0.25, 0.3) is 0 Å². The van der Waals surface area contributed by atoms with E-state index in [-0.39, 0.29) is 12.1 Å². The Hall–Kier alpha value is -3.02. The lowest BCUT2D eigenvalue weighted by molar-refractivity contribution is 0.250. The van der Waals surface area contributed by atoms with E-state index in [0.29, 0.717) is 0 Å². The standard InChI is InChI=1S/C36H52N6/c1-7-19-31(20-8-1)33(37-35(39-23-11-3-12-24-39)40-25-13-4-14-26-40)34(32-21-9-2-10-22-32)38-36(41-27-15-5-16-28-41)42-29-17-6-18-30-42/h1-2,7-10,19-22,33-34H,3-6,11-18,23-30H2. The van der Waals surface area contributed by atoms with Crippen molar-refractivity contribution in [1.29, 1.82) is 0 Å². The van der Waals surface area contributed by atoms with E-state index in [4.69, 9.17) is 9.98 Å². The van der Waals surface area contributed by atoms with Crippen molar-refractivity contribution in [2.45, 2.75) is 89.1 Å². The molecule has 4 heterocycles. The van der Waals surface area contributed by atoms with Crippen LogP contribution < -0.4 is 0 Å². The third-order valence-electron chi connectivity index (χ3n) is 9.65. The number of benzene rings is 2. The van der Waals surface area contributed by atoms with E-state index in [2.05, 4.69) is 80.3 Å². The SMILES string of the molecule is c1ccc(C(N=C(N2CCCCC2)N2CCCCC2)C(N=C(N2CCCCC2)N2CCCCC2)c2ccccc2)cc1. The second-order valence-corrected chi connectivity index (χ2v) is 12.8. The maximum absolute atomic E-state index is 5.84. The molecule has 6 rings (SSSR count). The van der Waals surface area contributed by atoms with Crippen molar-refractivity contribution >= 4 is 11.9 Å². The summed E-state index contributed by atoms with van der Waals surface area (Å²) in [6, 6.07) is 22.0. The number of guanidine groups is 2. The topological polar surface area (TPSA) is 37.7 Å². The van der Waals surface area contributed by atoms with Crippen LogP contribution >= 0.6 is 0 Å². The molecular formula is C36H52N6. The highest BCUT2D eigenvalue weighted by Gasteiger charge is 2.32. The van der Waals surface area contributed by atoms with Gasteiger partial charge in [0.05, 0.1) is 0 Å². The molecule has 226 valence electrons. The molecule has 2 atom stereocenters. The van der Waals surface area contributed by atoms with Gasteiger partial charge in [-0.2, -0.15) is 0 Å². The van der Waals surface area contributed by atoms with Crippen LogP contribution in [0.4, 0.5) is 0 Å². The number of hydrogen-bond donors (Lipinski definition) is 0. The summed E-state index contributed by atoms with van der Waals surface area (Å²) in [7, 11) is 0. The molecule has 4 aliphatic rings. The third-order valence-corrected chi connectivity index (χ3v) is 9.65. The van der Waals surface area contributed by atoms with Crippen LogP contribution in [-0.2, 0) is 0 Å². The van der Waals surface area contributed by atoms with Crippen molar-refractivity contribution in [2.24, 2.45) is 9.98 Å².